The maximum atomic E-state index is 5.48. The molecule has 2 unspecified atom stereocenters. The predicted molar refractivity (Wildman–Crippen MR) is 109 cm³/mol. The van der Waals surface area contributed by atoms with E-state index in [2.05, 4.69) is 47.3 Å². The Labute approximate surface area is 163 Å². The topological polar surface area (TPSA) is 58.6 Å². The SMILES string of the molecule is CN=C(NCC(c1ccc(OC)c(OC)c1)N(C)C)N(C)CC1CCOC1. The van der Waals surface area contributed by atoms with Gasteiger partial charge in [-0.05, 0) is 38.2 Å². The molecule has 0 radical (unpaired) electrons. The number of rotatable bonds is 8. The Morgan fingerprint density at radius 2 is 2.00 bits per heavy atom. The molecule has 0 spiro atoms. The largest absolute Gasteiger partial charge is 0.493 e. The molecule has 0 saturated carbocycles. The zero-order valence-electron chi connectivity index (χ0n) is 17.5. The van der Waals surface area contributed by atoms with Gasteiger partial charge in [-0.3, -0.25) is 4.99 Å². The van der Waals surface area contributed by atoms with Crippen LogP contribution in [-0.2, 0) is 4.74 Å². The van der Waals surface area contributed by atoms with Gasteiger partial charge in [0.05, 0.1) is 26.9 Å². The second kappa shape index (κ2) is 10.4. The van der Waals surface area contributed by atoms with Gasteiger partial charge in [0.1, 0.15) is 0 Å². The van der Waals surface area contributed by atoms with Crippen LogP contribution in [0.1, 0.15) is 18.0 Å². The number of benzene rings is 1. The number of guanidine groups is 1. The summed E-state index contributed by atoms with van der Waals surface area (Å²) in [5.41, 5.74) is 1.16. The molecule has 1 heterocycles. The van der Waals surface area contributed by atoms with Crippen molar-refractivity contribution < 1.29 is 14.2 Å². The average molecular weight is 379 g/mol. The van der Waals surface area contributed by atoms with Gasteiger partial charge in [0.2, 0.25) is 0 Å². The van der Waals surface area contributed by atoms with Crippen LogP contribution in [0.2, 0.25) is 0 Å². The first-order valence-electron chi connectivity index (χ1n) is 9.38. The van der Waals surface area contributed by atoms with E-state index in [0.29, 0.717) is 5.92 Å². The van der Waals surface area contributed by atoms with Crippen LogP contribution in [0.4, 0.5) is 0 Å². The van der Waals surface area contributed by atoms with Crippen molar-refractivity contribution in [1.82, 2.24) is 15.1 Å². The lowest BCUT2D eigenvalue weighted by Gasteiger charge is -2.29. The zero-order chi connectivity index (χ0) is 19.8. The lowest BCUT2D eigenvalue weighted by atomic mass is 10.1. The molecule has 2 rings (SSSR count). The van der Waals surface area contributed by atoms with E-state index in [1.54, 1.807) is 14.2 Å². The molecule has 2 atom stereocenters. The molecule has 0 amide bonds. The van der Waals surface area contributed by atoms with Crippen LogP contribution in [0.25, 0.3) is 0 Å². The summed E-state index contributed by atoms with van der Waals surface area (Å²) in [5.74, 6) is 2.95. The van der Waals surface area contributed by atoms with Crippen molar-refractivity contribution >= 4 is 5.96 Å². The van der Waals surface area contributed by atoms with E-state index in [9.17, 15) is 0 Å². The summed E-state index contributed by atoms with van der Waals surface area (Å²) < 4.78 is 16.3. The molecule has 0 bridgehead atoms. The first-order chi connectivity index (χ1) is 13.0. The van der Waals surface area contributed by atoms with Crippen LogP contribution < -0.4 is 14.8 Å². The van der Waals surface area contributed by atoms with Crippen LogP contribution in [0.15, 0.2) is 23.2 Å². The third-order valence-electron chi connectivity index (χ3n) is 5.00. The maximum absolute atomic E-state index is 5.48. The highest BCUT2D eigenvalue weighted by atomic mass is 16.5. The van der Waals surface area contributed by atoms with E-state index in [1.165, 1.54) is 0 Å². The van der Waals surface area contributed by atoms with Crippen LogP contribution in [0.5, 0.6) is 11.5 Å². The number of methoxy groups -OCH3 is 2. The molecule has 7 nitrogen and oxygen atoms in total. The molecule has 152 valence electrons. The van der Waals surface area contributed by atoms with E-state index in [-0.39, 0.29) is 6.04 Å². The summed E-state index contributed by atoms with van der Waals surface area (Å²) in [4.78, 5) is 8.81. The van der Waals surface area contributed by atoms with E-state index >= 15 is 0 Å². The van der Waals surface area contributed by atoms with E-state index < -0.39 is 0 Å². The minimum Gasteiger partial charge on any atom is -0.493 e. The molecule has 1 aromatic carbocycles. The molecule has 1 aliphatic heterocycles. The van der Waals surface area contributed by atoms with Crippen LogP contribution in [-0.4, -0.2) is 84.5 Å². The van der Waals surface area contributed by atoms with E-state index in [4.69, 9.17) is 14.2 Å². The van der Waals surface area contributed by atoms with Gasteiger partial charge in [-0.2, -0.15) is 0 Å². The Bertz CT molecular complexity index is 615. The molecule has 7 heteroatoms. The van der Waals surface area contributed by atoms with Crippen molar-refractivity contribution in [3.05, 3.63) is 23.8 Å². The summed E-state index contributed by atoms with van der Waals surface area (Å²) in [7, 11) is 11.4. The Kier molecular flexibility index (Phi) is 8.19. The molecule has 0 aliphatic carbocycles. The smallest absolute Gasteiger partial charge is 0.193 e. The predicted octanol–water partition coefficient (Wildman–Crippen LogP) is 1.85. The van der Waals surface area contributed by atoms with Crippen molar-refractivity contribution in [3.63, 3.8) is 0 Å². The lowest BCUT2D eigenvalue weighted by Crippen LogP contribution is -2.44. The van der Waals surface area contributed by atoms with Gasteiger partial charge in [0.25, 0.3) is 0 Å². The number of nitrogens with one attached hydrogen (secondary N) is 1. The number of likely N-dealkylation sites (N-methyl/N-ethyl adjacent to an activating group) is 1. The molecule has 0 aromatic heterocycles. The van der Waals surface area contributed by atoms with Crippen molar-refractivity contribution in [2.75, 3.05) is 68.7 Å². The lowest BCUT2D eigenvalue weighted by molar-refractivity contribution is 0.181. The van der Waals surface area contributed by atoms with Gasteiger partial charge < -0.3 is 29.3 Å². The van der Waals surface area contributed by atoms with Gasteiger partial charge in [-0.1, -0.05) is 6.07 Å². The third-order valence-corrected chi connectivity index (χ3v) is 5.00. The quantitative estimate of drug-likeness (QED) is 0.550. The molecule has 27 heavy (non-hydrogen) atoms. The summed E-state index contributed by atoms with van der Waals surface area (Å²) >= 11 is 0. The minimum atomic E-state index is 0.171. The Balaban J connectivity index is 2.04. The Hall–Kier alpha value is -1.99. The fraction of sp³-hybridized carbons (Fsp3) is 0.650. The first-order valence-corrected chi connectivity index (χ1v) is 9.38. The second-order valence-electron chi connectivity index (χ2n) is 7.13. The van der Waals surface area contributed by atoms with Crippen LogP contribution in [0.3, 0.4) is 0 Å². The Morgan fingerprint density at radius 1 is 1.26 bits per heavy atom. The van der Waals surface area contributed by atoms with Crippen LogP contribution in [0, 0.1) is 5.92 Å². The average Bonchev–Trinajstić information content (AvgIpc) is 3.17. The fourth-order valence-corrected chi connectivity index (χ4v) is 3.43. The summed E-state index contributed by atoms with van der Waals surface area (Å²) in [6, 6.07) is 6.24. The van der Waals surface area contributed by atoms with Gasteiger partial charge >= 0.3 is 0 Å². The van der Waals surface area contributed by atoms with Crippen LogP contribution >= 0.6 is 0 Å². The highest BCUT2D eigenvalue weighted by Gasteiger charge is 2.21. The highest BCUT2D eigenvalue weighted by molar-refractivity contribution is 5.79. The van der Waals surface area contributed by atoms with Gasteiger partial charge in [0, 0.05) is 39.7 Å². The number of nitrogens with zero attached hydrogens (tertiary/aromatic N) is 3. The maximum Gasteiger partial charge on any atom is 0.193 e. The first kappa shape index (κ1) is 21.3. The normalized spacial score (nSPS) is 18.5. The standard InChI is InChI=1S/C20H34N4O3/c1-21-20(24(4)13-15-9-10-27-14-15)22-12-17(23(2)3)16-7-8-18(25-5)19(11-16)26-6/h7-8,11,15,17H,9-10,12-14H2,1-6H3,(H,21,22). The second-order valence-corrected chi connectivity index (χ2v) is 7.13. The number of hydrogen-bond acceptors (Lipinski definition) is 5. The van der Waals surface area contributed by atoms with Gasteiger partial charge in [-0.25, -0.2) is 0 Å². The number of aliphatic imine (C=N–C) groups is 1. The fourth-order valence-electron chi connectivity index (χ4n) is 3.43. The molecular weight excluding hydrogens is 344 g/mol. The molecule has 1 aromatic rings. The summed E-state index contributed by atoms with van der Waals surface area (Å²) in [6.45, 7) is 3.39. The molecule has 1 fully saturated rings. The zero-order valence-corrected chi connectivity index (χ0v) is 17.5. The summed E-state index contributed by atoms with van der Waals surface area (Å²) in [6.07, 6.45) is 1.12. The number of ether oxygens (including phenoxy) is 3. The van der Waals surface area contributed by atoms with E-state index in [1.807, 2.05) is 19.2 Å². The third kappa shape index (κ3) is 5.74. The molecule has 1 aliphatic rings. The van der Waals surface area contributed by atoms with Gasteiger partial charge in [-0.15, -0.1) is 0 Å². The molecular formula is C20H34N4O3. The number of hydrogen-bond donors (Lipinski definition) is 1. The van der Waals surface area contributed by atoms with Crippen molar-refractivity contribution in [2.45, 2.75) is 12.5 Å². The van der Waals surface area contributed by atoms with E-state index in [0.717, 1.165) is 55.7 Å². The van der Waals surface area contributed by atoms with Crippen molar-refractivity contribution in [2.24, 2.45) is 10.9 Å². The molecule has 1 N–H and O–H groups in total. The Morgan fingerprint density at radius 3 is 2.56 bits per heavy atom. The van der Waals surface area contributed by atoms with Crippen molar-refractivity contribution in [3.8, 4) is 11.5 Å². The minimum absolute atomic E-state index is 0.171. The van der Waals surface area contributed by atoms with Gasteiger partial charge in [0.15, 0.2) is 17.5 Å². The van der Waals surface area contributed by atoms with Crippen molar-refractivity contribution in [1.29, 1.82) is 0 Å². The highest BCUT2D eigenvalue weighted by Crippen LogP contribution is 2.31. The summed E-state index contributed by atoms with van der Waals surface area (Å²) in [5, 5.41) is 3.51. The monoisotopic (exact) mass is 378 g/mol. The molecule has 1 saturated heterocycles.